The third-order valence-electron chi connectivity index (χ3n) is 2.86. The zero-order valence-electron chi connectivity index (χ0n) is 10.6. The van der Waals surface area contributed by atoms with Crippen molar-refractivity contribution < 1.29 is 0 Å². The van der Waals surface area contributed by atoms with E-state index in [2.05, 4.69) is 33.9 Å². The Balaban J connectivity index is 2.38. The summed E-state index contributed by atoms with van der Waals surface area (Å²) < 4.78 is 1.56. The second kappa shape index (κ2) is 5.30. The summed E-state index contributed by atoms with van der Waals surface area (Å²) in [7, 11) is 1.94. The van der Waals surface area contributed by atoms with Gasteiger partial charge in [-0.2, -0.15) is 20.1 Å². The van der Waals surface area contributed by atoms with Crippen molar-refractivity contribution in [3.8, 4) is 5.95 Å². The SMILES string of the molecule is CCC(C)N(C)c1nc(Cl)nc(-n2cccn2)n1. The molecule has 1 atom stereocenters. The van der Waals surface area contributed by atoms with Gasteiger partial charge in [-0.15, -0.1) is 0 Å². The van der Waals surface area contributed by atoms with Crippen molar-refractivity contribution in [2.24, 2.45) is 0 Å². The van der Waals surface area contributed by atoms with E-state index < -0.39 is 0 Å². The van der Waals surface area contributed by atoms with E-state index in [0.717, 1.165) is 6.42 Å². The lowest BCUT2D eigenvalue weighted by atomic mass is 10.2. The van der Waals surface area contributed by atoms with Crippen molar-refractivity contribution in [1.82, 2.24) is 24.7 Å². The highest BCUT2D eigenvalue weighted by molar-refractivity contribution is 6.28. The van der Waals surface area contributed by atoms with Gasteiger partial charge >= 0.3 is 0 Å². The fourth-order valence-electron chi connectivity index (χ4n) is 1.45. The van der Waals surface area contributed by atoms with E-state index in [1.165, 1.54) is 0 Å². The van der Waals surface area contributed by atoms with E-state index in [9.17, 15) is 0 Å². The molecule has 0 aliphatic carbocycles. The monoisotopic (exact) mass is 266 g/mol. The molecule has 0 radical (unpaired) electrons. The quantitative estimate of drug-likeness (QED) is 0.846. The minimum absolute atomic E-state index is 0.167. The van der Waals surface area contributed by atoms with Gasteiger partial charge in [0.1, 0.15) is 0 Å². The first-order chi connectivity index (χ1) is 8.61. The van der Waals surface area contributed by atoms with Gasteiger partial charge in [-0.1, -0.05) is 6.92 Å². The highest BCUT2D eigenvalue weighted by Crippen LogP contribution is 2.15. The Morgan fingerprint density at radius 1 is 1.39 bits per heavy atom. The van der Waals surface area contributed by atoms with Crippen molar-refractivity contribution in [2.45, 2.75) is 26.3 Å². The number of nitrogens with zero attached hydrogens (tertiary/aromatic N) is 6. The van der Waals surface area contributed by atoms with Crippen LogP contribution in [0.15, 0.2) is 18.5 Å². The van der Waals surface area contributed by atoms with Gasteiger partial charge in [-0.05, 0) is 31.0 Å². The first-order valence-corrected chi connectivity index (χ1v) is 6.14. The second-order valence-electron chi connectivity index (χ2n) is 4.02. The highest BCUT2D eigenvalue weighted by atomic mass is 35.5. The molecule has 2 rings (SSSR count). The third kappa shape index (κ3) is 2.59. The van der Waals surface area contributed by atoms with Gasteiger partial charge in [0.2, 0.25) is 11.2 Å². The molecule has 6 nitrogen and oxygen atoms in total. The molecular formula is C11H15ClN6. The standard InChI is InChI=1S/C11H15ClN6/c1-4-8(2)17(3)10-14-9(12)15-11(16-10)18-7-5-6-13-18/h5-8H,4H2,1-3H3. The largest absolute Gasteiger partial charge is 0.341 e. The molecule has 2 heterocycles. The van der Waals surface area contributed by atoms with Crippen molar-refractivity contribution in [3.05, 3.63) is 23.7 Å². The van der Waals surface area contributed by atoms with Crippen LogP contribution in [-0.2, 0) is 0 Å². The Labute approximate surface area is 111 Å². The molecule has 2 aromatic rings. The maximum atomic E-state index is 5.93. The van der Waals surface area contributed by atoms with Crippen molar-refractivity contribution in [2.75, 3.05) is 11.9 Å². The summed E-state index contributed by atoms with van der Waals surface area (Å²) in [5.74, 6) is 0.972. The predicted octanol–water partition coefficient (Wildman–Crippen LogP) is 1.95. The van der Waals surface area contributed by atoms with E-state index in [4.69, 9.17) is 11.6 Å². The van der Waals surface area contributed by atoms with E-state index in [1.807, 2.05) is 11.9 Å². The summed E-state index contributed by atoms with van der Waals surface area (Å²) >= 11 is 5.93. The molecule has 0 aliphatic rings. The van der Waals surface area contributed by atoms with Crippen LogP contribution in [0.5, 0.6) is 0 Å². The summed E-state index contributed by atoms with van der Waals surface area (Å²) in [5.41, 5.74) is 0. The van der Waals surface area contributed by atoms with E-state index in [-0.39, 0.29) is 5.28 Å². The molecule has 0 saturated carbocycles. The van der Waals surface area contributed by atoms with Crippen LogP contribution in [0.3, 0.4) is 0 Å². The van der Waals surface area contributed by atoms with E-state index in [0.29, 0.717) is 17.9 Å². The van der Waals surface area contributed by atoms with Crippen LogP contribution in [0, 0.1) is 0 Å². The number of rotatable bonds is 4. The highest BCUT2D eigenvalue weighted by Gasteiger charge is 2.14. The van der Waals surface area contributed by atoms with Gasteiger partial charge in [0.05, 0.1) is 0 Å². The molecule has 18 heavy (non-hydrogen) atoms. The van der Waals surface area contributed by atoms with Crippen molar-refractivity contribution in [3.63, 3.8) is 0 Å². The molecule has 1 unspecified atom stereocenters. The Morgan fingerprint density at radius 2 is 2.17 bits per heavy atom. The fraction of sp³-hybridized carbons (Fsp3) is 0.455. The number of hydrogen-bond donors (Lipinski definition) is 0. The Bertz CT molecular complexity index is 512. The maximum absolute atomic E-state index is 5.93. The lowest BCUT2D eigenvalue weighted by Crippen LogP contribution is -2.30. The summed E-state index contributed by atoms with van der Waals surface area (Å²) in [4.78, 5) is 14.5. The number of hydrogen-bond acceptors (Lipinski definition) is 5. The zero-order valence-corrected chi connectivity index (χ0v) is 11.3. The average molecular weight is 267 g/mol. The molecule has 0 N–H and O–H groups in total. The van der Waals surface area contributed by atoms with Crippen LogP contribution in [0.4, 0.5) is 5.95 Å². The summed E-state index contributed by atoms with van der Waals surface area (Å²) in [5, 5.41) is 4.25. The first-order valence-electron chi connectivity index (χ1n) is 5.76. The third-order valence-corrected chi connectivity index (χ3v) is 3.03. The smallest absolute Gasteiger partial charge is 0.256 e. The second-order valence-corrected chi connectivity index (χ2v) is 4.36. The van der Waals surface area contributed by atoms with E-state index >= 15 is 0 Å². The van der Waals surface area contributed by atoms with Crippen LogP contribution in [0.2, 0.25) is 5.28 Å². The molecule has 0 bridgehead atoms. The van der Waals surface area contributed by atoms with Crippen LogP contribution in [-0.4, -0.2) is 37.8 Å². The van der Waals surface area contributed by atoms with Crippen LogP contribution < -0.4 is 4.90 Å². The molecule has 0 spiro atoms. The molecule has 0 amide bonds. The molecule has 0 aliphatic heterocycles. The fourth-order valence-corrected chi connectivity index (χ4v) is 1.60. The van der Waals surface area contributed by atoms with Crippen LogP contribution >= 0.6 is 11.6 Å². The van der Waals surface area contributed by atoms with Crippen molar-refractivity contribution in [1.29, 1.82) is 0 Å². The Kier molecular flexibility index (Phi) is 3.76. The van der Waals surface area contributed by atoms with Crippen LogP contribution in [0.25, 0.3) is 5.95 Å². The lowest BCUT2D eigenvalue weighted by Gasteiger charge is -2.23. The lowest BCUT2D eigenvalue weighted by molar-refractivity contribution is 0.642. The summed E-state index contributed by atoms with van der Waals surface area (Å²) in [6, 6.07) is 2.13. The summed E-state index contributed by atoms with van der Waals surface area (Å²) in [6.45, 7) is 4.21. The normalized spacial score (nSPS) is 12.4. The Morgan fingerprint density at radius 3 is 2.78 bits per heavy atom. The summed E-state index contributed by atoms with van der Waals surface area (Å²) in [6.07, 6.45) is 4.42. The molecular weight excluding hydrogens is 252 g/mol. The number of aromatic nitrogens is 5. The predicted molar refractivity (Wildman–Crippen MR) is 70.1 cm³/mol. The molecule has 0 fully saturated rings. The average Bonchev–Trinajstić information content (AvgIpc) is 2.90. The van der Waals surface area contributed by atoms with Gasteiger partial charge in [0, 0.05) is 25.5 Å². The van der Waals surface area contributed by atoms with Crippen molar-refractivity contribution >= 4 is 17.5 Å². The first kappa shape index (κ1) is 12.8. The molecule has 96 valence electrons. The molecule has 7 heteroatoms. The van der Waals surface area contributed by atoms with Gasteiger partial charge in [0.25, 0.3) is 5.95 Å². The minimum Gasteiger partial charge on any atom is -0.341 e. The van der Waals surface area contributed by atoms with Gasteiger partial charge in [-0.3, -0.25) is 0 Å². The number of halogens is 1. The Hall–Kier alpha value is -1.69. The zero-order chi connectivity index (χ0) is 13.1. The van der Waals surface area contributed by atoms with Crippen LogP contribution in [0.1, 0.15) is 20.3 Å². The maximum Gasteiger partial charge on any atom is 0.256 e. The number of anilines is 1. The van der Waals surface area contributed by atoms with Gasteiger partial charge < -0.3 is 4.90 Å². The molecule has 2 aromatic heterocycles. The van der Waals surface area contributed by atoms with Gasteiger partial charge in [-0.25, -0.2) is 4.68 Å². The minimum atomic E-state index is 0.167. The van der Waals surface area contributed by atoms with Gasteiger partial charge in [0.15, 0.2) is 0 Å². The molecule has 0 saturated heterocycles. The molecule has 0 aromatic carbocycles. The van der Waals surface area contributed by atoms with E-state index in [1.54, 1.807) is 23.1 Å². The topological polar surface area (TPSA) is 59.7 Å².